The number of hydrogen-bond donors (Lipinski definition) is 1. The van der Waals surface area contributed by atoms with E-state index in [1.165, 1.54) is 38.5 Å². The molecule has 1 rings (SSSR count). The number of rotatable bonds is 4. The van der Waals surface area contributed by atoms with E-state index >= 15 is 0 Å². The van der Waals surface area contributed by atoms with Gasteiger partial charge in [-0.2, -0.15) is 0 Å². The molecule has 0 radical (unpaired) electrons. The summed E-state index contributed by atoms with van der Waals surface area (Å²) in [6, 6.07) is 0. The van der Waals surface area contributed by atoms with E-state index in [9.17, 15) is 0 Å². The molecule has 0 aromatic carbocycles. The molecule has 72 valence electrons. The van der Waals surface area contributed by atoms with E-state index in [1.807, 2.05) is 0 Å². The number of methoxy groups -OCH3 is 1. The largest absolute Gasteiger partial charge is 0.367 e. The summed E-state index contributed by atoms with van der Waals surface area (Å²) in [6.45, 7) is 0. The van der Waals surface area contributed by atoms with Gasteiger partial charge in [-0.3, -0.25) is 0 Å². The Morgan fingerprint density at radius 3 is 2.58 bits per heavy atom. The van der Waals surface area contributed by atoms with Crippen LogP contribution in [0.3, 0.4) is 0 Å². The maximum Gasteiger partial charge on any atom is 0.105 e. The normalized spacial score (nSPS) is 22.5. The van der Waals surface area contributed by atoms with Crippen LogP contribution in [0.4, 0.5) is 0 Å². The second-order valence-electron chi connectivity index (χ2n) is 3.86. The van der Waals surface area contributed by atoms with Gasteiger partial charge in [-0.1, -0.05) is 32.1 Å². The van der Waals surface area contributed by atoms with Crippen LogP contribution in [0, 0.1) is 5.92 Å². The second-order valence-corrected chi connectivity index (χ2v) is 3.86. The van der Waals surface area contributed by atoms with Crippen molar-refractivity contribution >= 4 is 0 Å². The molecule has 1 aliphatic rings. The van der Waals surface area contributed by atoms with Crippen LogP contribution in [-0.4, -0.2) is 13.3 Å². The third-order valence-electron chi connectivity index (χ3n) is 2.89. The molecule has 1 fully saturated rings. The maximum absolute atomic E-state index is 5.67. The Kier molecular flexibility index (Phi) is 4.62. The van der Waals surface area contributed by atoms with Gasteiger partial charge in [0.1, 0.15) is 6.23 Å². The van der Waals surface area contributed by atoms with Crippen molar-refractivity contribution in [3.63, 3.8) is 0 Å². The summed E-state index contributed by atoms with van der Waals surface area (Å²) in [4.78, 5) is 0. The second kappa shape index (κ2) is 5.55. The minimum atomic E-state index is -0.0353. The van der Waals surface area contributed by atoms with Crippen molar-refractivity contribution < 1.29 is 4.74 Å². The van der Waals surface area contributed by atoms with Gasteiger partial charge in [-0.05, 0) is 18.8 Å². The molecule has 0 amide bonds. The highest BCUT2D eigenvalue weighted by molar-refractivity contribution is 4.66. The van der Waals surface area contributed by atoms with Crippen LogP contribution in [-0.2, 0) is 4.74 Å². The van der Waals surface area contributed by atoms with Gasteiger partial charge >= 0.3 is 0 Å². The van der Waals surface area contributed by atoms with Crippen LogP contribution in [0.15, 0.2) is 0 Å². The van der Waals surface area contributed by atoms with Crippen molar-refractivity contribution in [1.29, 1.82) is 0 Å². The van der Waals surface area contributed by atoms with Crippen LogP contribution in [0.5, 0.6) is 0 Å². The van der Waals surface area contributed by atoms with Crippen LogP contribution in [0.25, 0.3) is 0 Å². The van der Waals surface area contributed by atoms with E-state index in [0.717, 1.165) is 12.3 Å². The highest BCUT2D eigenvalue weighted by Crippen LogP contribution is 2.27. The molecular weight excluding hydrogens is 150 g/mol. The van der Waals surface area contributed by atoms with E-state index in [4.69, 9.17) is 10.5 Å². The number of nitrogens with two attached hydrogens (primary N) is 1. The van der Waals surface area contributed by atoms with E-state index < -0.39 is 0 Å². The number of hydrogen-bond acceptors (Lipinski definition) is 2. The lowest BCUT2D eigenvalue weighted by Crippen LogP contribution is -2.23. The molecule has 0 aromatic heterocycles. The first-order valence-corrected chi connectivity index (χ1v) is 5.11. The number of ether oxygens (including phenoxy) is 1. The molecule has 0 bridgehead atoms. The van der Waals surface area contributed by atoms with E-state index in [0.29, 0.717) is 0 Å². The van der Waals surface area contributed by atoms with Gasteiger partial charge < -0.3 is 10.5 Å². The predicted octanol–water partition coefficient (Wildman–Crippen LogP) is 2.28. The minimum Gasteiger partial charge on any atom is -0.367 e. The molecule has 2 N–H and O–H groups in total. The molecule has 0 aliphatic heterocycles. The van der Waals surface area contributed by atoms with Crippen molar-refractivity contribution in [2.24, 2.45) is 11.7 Å². The zero-order valence-corrected chi connectivity index (χ0v) is 8.09. The van der Waals surface area contributed by atoms with Crippen molar-refractivity contribution in [2.75, 3.05) is 7.11 Å². The van der Waals surface area contributed by atoms with Gasteiger partial charge in [0.25, 0.3) is 0 Å². The van der Waals surface area contributed by atoms with Gasteiger partial charge in [-0.25, -0.2) is 0 Å². The Hall–Kier alpha value is -0.0800. The molecule has 1 saturated carbocycles. The summed E-state index contributed by atoms with van der Waals surface area (Å²) in [6.07, 6.45) is 9.36. The average molecular weight is 171 g/mol. The van der Waals surface area contributed by atoms with Gasteiger partial charge in [0.15, 0.2) is 0 Å². The Morgan fingerprint density at radius 1 is 1.33 bits per heavy atom. The predicted molar refractivity (Wildman–Crippen MR) is 50.8 cm³/mol. The summed E-state index contributed by atoms with van der Waals surface area (Å²) in [5.74, 6) is 0.931. The first-order chi connectivity index (χ1) is 5.83. The van der Waals surface area contributed by atoms with Crippen LogP contribution in [0.2, 0.25) is 0 Å². The molecule has 1 atom stereocenters. The smallest absolute Gasteiger partial charge is 0.105 e. The molecule has 0 spiro atoms. The fourth-order valence-corrected chi connectivity index (χ4v) is 1.99. The van der Waals surface area contributed by atoms with Crippen molar-refractivity contribution in [3.05, 3.63) is 0 Å². The Balaban J connectivity index is 2.05. The standard InChI is InChI=1S/C10H21NO/c1-12-10(11)8-7-9-5-3-2-4-6-9/h9-10H,2-8,11H2,1H3/t10-/m0/s1. The van der Waals surface area contributed by atoms with E-state index in [2.05, 4.69) is 0 Å². The lowest BCUT2D eigenvalue weighted by molar-refractivity contribution is 0.0921. The molecule has 2 heteroatoms. The lowest BCUT2D eigenvalue weighted by atomic mass is 9.86. The van der Waals surface area contributed by atoms with Crippen molar-refractivity contribution in [2.45, 2.75) is 51.2 Å². The molecule has 0 saturated heterocycles. The molecule has 0 unspecified atom stereocenters. The maximum atomic E-state index is 5.67. The Bertz CT molecular complexity index is 110. The van der Waals surface area contributed by atoms with Crippen LogP contribution < -0.4 is 5.73 Å². The monoisotopic (exact) mass is 171 g/mol. The molecular formula is C10H21NO. The topological polar surface area (TPSA) is 35.2 Å². The summed E-state index contributed by atoms with van der Waals surface area (Å²) in [7, 11) is 1.69. The Labute approximate surface area is 75.5 Å². The third kappa shape index (κ3) is 3.55. The zero-order chi connectivity index (χ0) is 8.81. The van der Waals surface area contributed by atoms with E-state index in [1.54, 1.807) is 7.11 Å². The minimum absolute atomic E-state index is 0.0353. The van der Waals surface area contributed by atoms with Gasteiger partial charge in [0.2, 0.25) is 0 Å². The Morgan fingerprint density at radius 2 is 2.00 bits per heavy atom. The van der Waals surface area contributed by atoms with Crippen molar-refractivity contribution in [3.8, 4) is 0 Å². The molecule has 0 aromatic rings. The third-order valence-corrected chi connectivity index (χ3v) is 2.89. The average Bonchev–Trinajstić information content (AvgIpc) is 2.16. The van der Waals surface area contributed by atoms with Gasteiger partial charge in [0.05, 0.1) is 0 Å². The highest BCUT2D eigenvalue weighted by atomic mass is 16.5. The highest BCUT2D eigenvalue weighted by Gasteiger charge is 2.14. The fourth-order valence-electron chi connectivity index (χ4n) is 1.99. The first-order valence-electron chi connectivity index (χ1n) is 5.11. The molecule has 2 nitrogen and oxygen atoms in total. The quantitative estimate of drug-likeness (QED) is 0.659. The van der Waals surface area contributed by atoms with Gasteiger partial charge in [-0.15, -0.1) is 0 Å². The summed E-state index contributed by atoms with van der Waals surface area (Å²) >= 11 is 0. The molecule has 12 heavy (non-hydrogen) atoms. The fraction of sp³-hybridized carbons (Fsp3) is 1.00. The first kappa shape index (κ1) is 10.0. The SMILES string of the molecule is CO[C@H](N)CCC1CCCCC1. The lowest BCUT2D eigenvalue weighted by Gasteiger charge is -2.22. The molecule has 0 heterocycles. The summed E-state index contributed by atoms with van der Waals surface area (Å²) in [5, 5.41) is 0. The van der Waals surface area contributed by atoms with Gasteiger partial charge in [0, 0.05) is 7.11 Å². The summed E-state index contributed by atoms with van der Waals surface area (Å²) < 4.78 is 5.02. The zero-order valence-electron chi connectivity index (χ0n) is 8.09. The van der Waals surface area contributed by atoms with E-state index in [-0.39, 0.29) is 6.23 Å². The molecule has 1 aliphatic carbocycles. The van der Waals surface area contributed by atoms with Crippen LogP contribution in [0.1, 0.15) is 44.9 Å². The van der Waals surface area contributed by atoms with Crippen molar-refractivity contribution in [1.82, 2.24) is 0 Å². The van der Waals surface area contributed by atoms with Crippen LogP contribution >= 0.6 is 0 Å². The summed E-state index contributed by atoms with van der Waals surface area (Å²) in [5.41, 5.74) is 5.67.